The number of hydrogen-bond donors (Lipinski definition) is 2. The Kier molecular flexibility index (Phi) is 2.74. The van der Waals surface area contributed by atoms with Crippen molar-refractivity contribution in [1.29, 1.82) is 0 Å². The second-order valence-electron chi connectivity index (χ2n) is 7.39. The van der Waals surface area contributed by atoms with Gasteiger partial charge in [0.15, 0.2) is 0 Å². The maximum atomic E-state index is 12.0. The second-order valence-corrected chi connectivity index (χ2v) is 7.39. The van der Waals surface area contributed by atoms with Gasteiger partial charge in [-0.15, -0.1) is 0 Å². The molecular weight excluding hydrogens is 224 g/mol. The van der Waals surface area contributed by atoms with Crippen LogP contribution in [0.1, 0.15) is 52.9 Å². The van der Waals surface area contributed by atoms with Crippen molar-refractivity contribution in [1.82, 2.24) is 10.6 Å². The summed E-state index contributed by atoms with van der Waals surface area (Å²) in [5, 5.41) is 6.58. The highest BCUT2D eigenvalue weighted by molar-refractivity contribution is 5.78. The SMILES string of the molecule is CC1(C)C2CCC1(C)C(NC(=O)CNC1CC1)C2. The van der Waals surface area contributed by atoms with Crippen LogP contribution in [-0.2, 0) is 4.79 Å². The molecule has 0 heterocycles. The lowest BCUT2D eigenvalue weighted by molar-refractivity contribution is -0.122. The van der Waals surface area contributed by atoms with Gasteiger partial charge in [0.1, 0.15) is 0 Å². The topological polar surface area (TPSA) is 41.1 Å². The molecule has 0 aliphatic heterocycles. The Morgan fingerprint density at radius 1 is 1.22 bits per heavy atom. The lowest BCUT2D eigenvalue weighted by Gasteiger charge is -2.39. The fourth-order valence-electron chi connectivity index (χ4n) is 4.19. The van der Waals surface area contributed by atoms with Gasteiger partial charge in [0.25, 0.3) is 0 Å². The van der Waals surface area contributed by atoms with Gasteiger partial charge in [0.05, 0.1) is 6.54 Å². The van der Waals surface area contributed by atoms with E-state index in [1.807, 2.05) is 0 Å². The molecule has 2 N–H and O–H groups in total. The van der Waals surface area contributed by atoms with E-state index < -0.39 is 0 Å². The van der Waals surface area contributed by atoms with E-state index in [0.29, 0.717) is 29.5 Å². The van der Waals surface area contributed by atoms with Crippen LogP contribution >= 0.6 is 0 Å². The Morgan fingerprint density at radius 2 is 1.94 bits per heavy atom. The number of carbonyl (C=O) groups excluding carboxylic acids is 1. The first kappa shape index (κ1) is 12.5. The summed E-state index contributed by atoms with van der Waals surface area (Å²) in [7, 11) is 0. The van der Waals surface area contributed by atoms with E-state index in [-0.39, 0.29) is 5.91 Å². The molecule has 3 fully saturated rings. The minimum Gasteiger partial charge on any atom is -0.352 e. The maximum Gasteiger partial charge on any atom is 0.234 e. The van der Waals surface area contributed by atoms with Gasteiger partial charge in [0, 0.05) is 12.1 Å². The number of rotatable bonds is 4. The van der Waals surface area contributed by atoms with Crippen molar-refractivity contribution in [2.24, 2.45) is 16.7 Å². The van der Waals surface area contributed by atoms with Gasteiger partial charge in [-0.2, -0.15) is 0 Å². The van der Waals surface area contributed by atoms with Crippen molar-refractivity contribution in [2.45, 2.75) is 65.0 Å². The third-order valence-electron chi connectivity index (χ3n) is 6.26. The van der Waals surface area contributed by atoms with Crippen LogP contribution in [0.3, 0.4) is 0 Å². The van der Waals surface area contributed by atoms with Gasteiger partial charge in [-0.3, -0.25) is 4.79 Å². The van der Waals surface area contributed by atoms with Crippen molar-refractivity contribution in [3.05, 3.63) is 0 Å². The molecule has 0 aromatic carbocycles. The summed E-state index contributed by atoms with van der Waals surface area (Å²) < 4.78 is 0. The minimum absolute atomic E-state index is 0.191. The molecule has 0 spiro atoms. The highest BCUT2D eigenvalue weighted by atomic mass is 16.2. The third-order valence-corrected chi connectivity index (χ3v) is 6.26. The van der Waals surface area contributed by atoms with Crippen molar-refractivity contribution in [2.75, 3.05) is 6.54 Å². The van der Waals surface area contributed by atoms with Crippen LogP contribution in [-0.4, -0.2) is 24.5 Å². The normalized spacial score (nSPS) is 41.1. The van der Waals surface area contributed by atoms with Gasteiger partial charge in [-0.1, -0.05) is 20.8 Å². The molecule has 3 atom stereocenters. The van der Waals surface area contributed by atoms with Crippen LogP contribution in [0.25, 0.3) is 0 Å². The summed E-state index contributed by atoms with van der Waals surface area (Å²) in [6.07, 6.45) is 6.27. The molecule has 3 nitrogen and oxygen atoms in total. The Labute approximate surface area is 110 Å². The molecule has 3 rings (SSSR count). The number of nitrogens with one attached hydrogen (secondary N) is 2. The third kappa shape index (κ3) is 1.78. The molecular formula is C15H26N2O. The molecule has 0 saturated heterocycles. The summed E-state index contributed by atoms with van der Waals surface area (Å²) in [5.74, 6) is 0.987. The quantitative estimate of drug-likeness (QED) is 0.802. The maximum absolute atomic E-state index is 12.0. The smallest absolute Gasteiger partial charge is 0.234 e. The summed E-state index contributed by atoms with van der Waals surface area (Å²) in [4.78, 5) is 12.0. The fraction of sp³-hybridized carbons (Fsp3) is 0.933. The number of amides is 1. The molecule has 102 valence electrons. The molecule has 0 radical (unpaired) electrons. The van der Waals surface area contributed by atoms with E-state index in [1.165, 1.54) is 32.1 Å². The molecule has 3 heteroatoms. The van der Waals surface area contributed by atoms with Crippen LogP contribution in [0.15, 0.2) is 0 Å². The zero-order valence-corrected chi connectivity index (χ0v) is 11.9. The average Bonchev–Trinajstić information content (AvgIpc) is 3.07. The van der Waals surface area contributed by atoms with Crippen LogP contribution in [0.4, 0.5) is 0 Å². The van der Waals surface area contributed by atoms with E-state index in [9.17, 15) is 4.79 Å². The van der Waals surface area contributed by atoms with Crippen LogP contribution < -0.4 is 10.6 Å². The molecule has 0 aromatic heterocycles. The predicted octanol–water partition coefficient (Wildman–Crippen LogP) is 2.07. The van der Waals surface area contributed by atoms with Crippen LogP contribution in [0, 0.1) is 16.7 Å². The highest BCUT2D eigenvalue weighted by Crippen LogP contribution is 2.65. The number of hydrogen-bond acceptors (Lipinski definition) is 2. The fourth-order valence-corrected chi connectivity index (χ4v) is 4.19. The first-order valence-corrected chi connectivity index (χ1v) is 7.46. The van der Waals surface area contributed by atoms with E-state index in [4.69, 9.17) is 0 Å². The van der Waals surface area contributed by atoms with Gasteiger partial charge in [-0.05, 0) is 48.9 Å². The van der Waals surface area contributed by atoms with E-state index in [1.54, 1.807) is 0 Å². The zero-order chi connectivity index (χ0) is 13.0. The van der Waals surface area contributed by atoms with Crippen LogP contribution in [0.5, 0.6) is 0 Å². The van der Waals surface area contributed by atoms with Gasteiger partial charge >= 0.3 is 0 Å². The summed E-state index contributed by atoms with van der Waals surface area (Å²) in [5.41, 5.74) is 0.682. The molecule has 0 aromatic rings. The monoisotopic (exact) mass is 250 g/mol. The molecule has 1 amide bonds. The largest absolute Gasteiger partial charge is 0.352 e. The molecule has 2 bridgehead atoms. The van der Waals surface area contributed by atoms with Gasteiger partial charge < -0.3 is 10.6 Å². The Bertz CT molecular complexity index is 362. The van der Waals surface area contributed by atoms with Crippen molar-refractivity contribution >= 4 is 5.91 Å². The first-order valence-electron chi connectivity index (χ1n) is 7.46. The summed E-state index contributed by atoms with van der Waals surface area (Å²) in [6.45, 7) is 7.65. The summed E-state index contributed by atoms with van der Waals surface area (Å²) in [6, 6.07) is 1.00. The standard InChI is InChI=1S/C15H26N2O/c1-14(2)10-6-7-15(14,3)12(8-10)17-13(18)9-16-11-4-5-11/h10-12,16H,4-9H2,1-3H3,(H,17,18). The van der Waals surface area contributed by atoms with Crippen LogP contribution in [0.2, 0.25) is 0 Å². The Hall–Kier alpha value is -0.570. The lowest BCUT2D eigenvalue weighted by Crippen LogP contribution is -2.49. The van der Waals surface area contributed by atoms with Gasteiger partial charge in [-0.25, -0.2) is 0 Å². The zero-order valence-electron chi connectivity index (χ0n) is 11.9. The van der Waals surface area contributed by atoms with Crippen molar-refractivity contribution < 1.29 is 4.79 Å². The molecule has 3 aliphatic rings. The molecule has 3 saturated carbocycles. The second kappa shape index (κ2) is 3.96. The van der Waals surface area contributed by atoms with E-state index >= 15 is 0 Å². The highest BCUT2D eigenvalue weighted by Gasteiger charge is 2.61. The van der Waals surface area contributed by atoms with Gasteiger partial charge in [0.2, 0.25) is 5.91 Å². The molecule has 3 unspecified atom stereocenters. The van der Waals surface area contributed by atoms with Crippen molar-refractivity contribution in [3.8, 4) is 0 Å². The van der Waals surface area contributed by atoms with E-state index in [2.05, 4.69) is 31.4 Å². The van der Waals surface area contributed by atoms with Crippen molar-refractivity contribution in [3.63, 3.8) is 0 Å². The molecule has 3 aliphatic carbocycles. The number of fused-ring (bicyclic) bond motifs is 2. The molecule has 18 heavy (non-hydrogen) atoms. The Balaban J connectivity index is 1.58. The summed E-state index contributed by atoms with van der Waals surface area (Å²) >= 11 is 0. The first-order chi connectivity index (χ1) is 8.43. The average molecular weight is 250 g/mol. The Morgan fingerprint density at radius 3 is 2.44 bits per heavy atom. The number of carbonyl (C=O) groups is 1. The minimum atomic E-state index is 0.191. The lowest BCUT2D eigenvalue weighted by atomic mass is 9.69. The predicted molar refractivity (Wildman–Crippen MR) is 72.2 cm³/mol. The van der Waals surface area contributed by atoms with E-state index in [0.717, 1.165) is 5.92 Å².